The van der Waals surface area contributed by atoms with Gasteiger partial charge in [0.2, 0.25) is 0 Å². The van der Waals surface area contributed by atoms with Gasteiger partial charge in [0, 0.05) is 25.3 Å². The Kier molecular flexibility index (Phi) is 4.28. The molecule has 0 radical (unpaired) electrons. The van der Waals surface area contributed by atoms with E-state index < -0.39 is 0 Å². The first kappa shape index (κ1) is 12.9. The highest BCUT2D eigenvalue weighted by Gasteiger charge is 2.28. The standard InChI is InChI=1S/C15H24N4/c1-2-4-14(5-3-1)19-9-7-13(11-19)10-17-15-6-8-16-12-18-15/h6,8,12-14H,1-5,7,9-11H2,(H,16,17,18). The zero-order valence-corrected chi connectivity index (χ0v) is 11.6. The third kappa shape index (κ3) is 3.44. The lowest BCUT2D eigenvalue weighted by molar-refractivity contribution is 0.186. The minimum Gasteiger partial charge on any atom is -0.370 e. The molecule has 104 valence electrons. The molecular weight excluding hydrogens is 236 g/mol. The fraction of sp³-hybridized carbons (Fsp3) is 0.733. The summed E-state index contributed by atoms with van der Waals surface area (Å²) in [5.74, 6) is 1.73. The van der Waals surface area contributed by atoms with Crippen molar-refractivity contribution in [3.05, 3.63) is 18.6 Å². The summed E-state index contributed by atoms with van der Waals surface area (Å²) >= 11 is 0. The summed E-state index contributed by atoms with van der Waals surface area (Å²) < 4.78 is 0. The Balaban J connectivity index is 1.44. The Morgan fingerprint density at radius 3 is 2.89 bits per heavy atom. The first-order valence-electron chi connectivity index (χ1n) is 7.66. The summed E-state index contributed by atoms with van der Waals surface area (Å²) in [4.78, 5) is 10.9. The normalized spacial score (nSPS) is 25.6. The van der Waals surface area contributed by atoms with Crippen molar-refractivity contribution in [1.82, 2.24) is 14.9 Å². The number of hydrogen-bond acceptors (Lipinski definition) is 4. The van der Waals surface area contributed by atoms with Gasteiger partial charge in [-0.2, -0.15) is 0 Å². The van der Waals surface area contributed by atoms with Crippen LogP contribution in [0, 0.1) is 5.92 Å². The van der Waals surface area contributed by atoms with E-state index in [1.165, 1.54) is 51.6 Å². The van der Waals surface area contributed by atoms with Crippen LogP contribution >= 0.6 is 0 Å². The van der Waals surface area contributed by atoms with Crippen LogP contribution in [0.2, 0.25) is 0 Å². The molecule has 1 aromatic heterocycles. The van der Waals surface area contributed by atoms with Gasteiger partial charge < -0.3 is 10.2 Å². The topological polar surface area (TPSA) is 41.0 Å². The maximum Gasteiger partial charge on any atom is 0.129 e. The SMILES string of the molecule is c1cc(NCC2CCN(C3CCCCC3)C2)ncn1. The van der Waals surface area contributed by atoms with Crippen LogP contribution in [0.25, 0.3) is 0 Å². The van der Waals surface area contributed by atoms with Crippen LogP contribution in [-0.4, -0.2) is 40.5 Å². The molecule has 0 bridgehead atoms. The van der Waals surface area contributed by atoms with Crippen LogP contribution in [0.5, 0.6) is 0 Å². The van der Waals surface area contributed by atoms with Crippen molar-refractivity contribution in [3.8, 4) is 0 Å². The summed E-state index contributed by atoms with van der Waals surface area (Å²) in [6.07, 6.45) is 11.9. The maximum absolute atomic E-state index is 4.21. The van der Waals surface area contributed by atoms with E-state index in [9.17, 15) is 0 Å². The second-order valence-electron chi connectivity index (χ2n) is 5.92. The molecule has 1 saturated heterocycles. The number of anilines is 1. The molecule has 1 aromatic rings. The predicted octanol–water partition coefficient (Wildman–Crippen LogP) is 2.54. The van der Waals surface area contributed by atoms with Crippen LogP contribution in [0.4, 0.5) is 5.82 Å². The molecule has 2 heterocycles. The molecule has 1 aliphatic heterocycles. The van der Waals surface area contributed by atoms with E-state index in [4.69, 9.17) is 0 Å². The molecule has 1 unspecified atom stereocenters. The van der Waals surface area contributed by atoms with Crippen molar-refractivity contribution in [3.63, 3.8) is 0 Å². The summed E-state index contributed by atoms with van der Waals surface area (Å²) in [5, 5.41) is 3.43. The average Bonchev–Trinajstić information content (AvgIpc) is 2.96. The van der Waals surface area contributed by atoms with Gasteiger partial charge in [-0.05, 0) is 37.8 Å². The Morgan fingerprint density at radius 1 is 1.21 bits per heavy atom. The number of hydrogen-bond donors (Lipinski definition) is 1. The summed E-state index contributed by atoms with van der Waals surface area (Å²) in [5.41, 5.74) is 0. The van der Waals surface area contributed by atoms with E-state index in [0.29, 0.717) is 0 Å². The Morgan fingerprint density at radius 2 is 2.11 bits per heavy atom. The number of nitrogens with zero attached hydrogens (tertiary/aromatic N) is 3. The smallest absolute Gasteiger partial charge is 0.129 e. The molecule has 0 aromatic carbocycles. The molecule has 0 spiro atoms. The van der Waals surface area contributed by atoms with Crippen LogP contribution in [0.3, 0.4) is 0 Å². The van der Waals surface area contributed by atoms with Crippen molar-refractivity contribution < 1.29 is 0 Å². The fourth-order valence-corrected chi connectivity index (χ4v) is 3.45. The van der Waals surface area contributed by atoms with E-state index in [1.54, 1.807) is 12.5 Å². The Bertz CT molecular complexity index is 375. The van der Waals surface area contributed by atoms with Gasteiger partial charge in [0.15, 0.2) is 0 Å². The van der Waals surface area contributed by atoms with Crippen LogP contribution in [-0.2, 0) is 0 Å². The molecule has 1 aliphatic carbocycles. The van der Waals surface area contributed by atoms with Gasteiger partial charge in [-0.15, -0.1) is 0 Å². The van der Waals surface area contributed by atoms with Crippen LogP contribution in [0.1, 0.15) is 38.5 Å². The van der Waals surface area contributed by atoms with Gasteiger partial charge in [0.25, 0.3) is 0 Å². The third-order valence-electron chi connectivity index (χ3n) is 4.56. The Labute approximate surface area is 115 Å². The summed E-state index contributed by atoms with van der Waals surface area (Å²) in [7, 11) is 0. The maximum atomic E-state index is 4.21. The zero-order valence-electron chi connectivity index (χ0n) is 11.6. The lowest BCUT2D eigenvalue weighted by atomic mass is 9.94. The molecule has 2 fully saturated rings. The minimum absolute atomic E-state index is 0.775. The molecule has 1 N–H and O–H groups in total. The van der Waals surface area contributed by atoms with E-state index >= 15 is 0 Å². The van der Waals surface area contributed by atoms with Crippen LogP contribution < -0.4 is 5.32 Å². The van der Waals surface area contributed by atoms with Crippen LogP contribution in [0.15, 0.2) is 18.6 Å². The first-order valence-corrected chi connectivity index (χ1v) is 7.66. The zero-order chi connectivity index (χ0) is 12.9. The van der Waals surface area contributed by atoms with Crippen molar-refractivity contribution in [2.45, 2.75) is 44.6 Å². The molecule has 19 heavy (non-hydrogen) atoms. The van der Waals surface area contributed by atoms with E-state index in [1.807, 2.05) is 6.07 Å². The van der Waals surface area contributed by atoms with E-state index in [0.717, 1.165) is 24.3 Å². The van der Waals surface area contributed by atoms with Crippen molar-refractivity contribution in [1.29, 1.82) is 0 Å². The van der Waals surface area contributed by atoms with Gasteiger partial charge in [0.1, 0.15) is 12.1 Å². The average molecular weight is 260 g/mol. The highest BCUT2D eigenvalue weighted by atomic mass is 15.2. The fourth-order valence-electron chi connectivity index (χ4n) is 3.45. The minimum atomic E-state index is 0.775. The van der Waals surface area contributed by atoms with Gasteiger partial charge in [0.05, 0.1) is 0 Å². The third-order valence-corrected chi connectivity index (χ3v) is 4.56. The Hall–Kier alpha value is -1.16. The number of likely N-dealkylation sites (tertiary alicyclic amines) is 1. The second-order valence-corrected chi connectivity index (χ2v) is 5.92. The molecular formula is C15H24N4. The largest absolute Gasteiger partial charge is 0.370 e. The van der Waals surface area contributed by atoms with Gasteiger partial charge in [-0.3, -0.25) is 0 Å². The lowest BCUT2D eigenvalue weighted by Gasteiger charge is -2.31. The summed E-state index contributed by atoms with van der Waals surface area (Å²) in [6, 6.07) is 2.81. The van der Waals surface area contributed by atoms with Crippen molar-refractivity contribution in [2.75, 3.05) is 25.0 Å². The molecule has 1 atom stereocenters. The molecule has 4 nitrogen and oxygen atoms in total. The second kappa shape index (κ2) is 6.33. The summed E-state index contributed by atoms with van der Waals surface area (Å²) in [6.45, 7) is 3.60. The highest BCUT2D eigenvalue weighted by molar-refractivity contribution is 5.31. The molecule has 4 heteroatoms. The number of rotatable bonds is 4. The van der Waals surface area contributed by atoms with Gasteiger partial charge in [-0.1, -0.05) is 19.3 Å². The number of aromatic nitrogens is 2. The molecule has 0 amide bonds. The lowest BCUT2D eigenvalue weighted by Crippen LogP contribution is -2.35. The van der Waals surface area contributed by atoms with E-state index in [2.05, 4.69) is 20.2 Å². The van der Waals surface area contributed by atoms with Gasteiger partial charge >= 0.3 is 0 Å². The molecule has 1 saturated carbocycles. The first-order chi connectivity index (χ1) is 9.42. The van der Waals surface area contributed by atoms with Crippen molar-refractivity contribution >= 4 is 5.82 Å². The molecule has 3 rings (SSSR count). The predicted molar refractivity (Wildman–Crippen MR) is 77.1 cm³/mol. The molecule has 2 aliphatic rings. The van der Waals surface area contributed by atoms with Gasteiger partial charge in [-0.25, -0.2) is 9.97 Å². The van der Waals surface area contributed by atoms with E-state index in [-0.39, 0.29) is 0 Å². The number of nitrogens with one attached hydrogen (secondary N) is 1. The van der Waals surface area contributed by atoms with Crippen molar-refractivity contribution in [2.24, 2.45) is 5.92 Å². The highest BCUT2D eigenvalue weighted by Crippen LogP contribution is 2.27. The monoisotopic (exact) mass is 260 g/mol. The quantitative estimate of drug-likeness (QED) is 0.903.